The van der Waals surface area contributed by atoms with Gasteiger partial charge in [0, 0.05) is 18.9 Å². The molecule has 3 aromatic rings. The number of rotatable bonds is 4. The molecule has 25 heavy (non-hydrogen) atoms. The summed E-state index contributed by atoms with van der Waals surface area (Å²) < 4.78 is 1.82. The number of aromatic nitrogens is 2. The average molecular weight is 334 g/mol. The lowest BCUT2D eigenvalue weighted by atomic mass is 9.87. The Morgan fingerprint density at radius 1 is 1.12 bits per heavy atom. The maximum absolute atomic E-state index is 13.1. The van der Waals surface area contributed by atoms with Crippen LogP contribution in [0.1, 0.15) is 18.4 Å². The highest BCUT2D eigenvalue weighted by Gasteiger charge is 2.41. The van der Waals surface area contributed by atoms with E-state index in [1.807, 2.05) is 29.1 Å². The van der Waals surface area contributed by atoms with Crippen LogP contribution in [-0.2, 0) is 16.9 Å². The monoisotopic (exact) mass is 334 g/mol. The number of carbonyl (C=O) groups is 1. The highest BCUT2D eigenvalue weighted by atomic mass is 16.2. The summed E-state index contributed by atoms with van der Waals surface area (Å²) in [5.41, 5.74) is 0.516. The van der Waals surface area contributed by atoms with Gasteiger partial charge in [-0.1, -0.05) is 36.4 Å². The molecule has 1 aliphatic rings. The molecule has 4 rings (SSSR count). The lowest BCUT2D eigenvalue weighted by molar-refractivity contribution is -0.132. The maximum Gasteiger partial charge on any atom is 0.248 e. The quantitative estimate of drug-likeness (QED) is 0.770. The summed E-state index contributed by atoms with van der Waals surface area (Å²) in [6, 6.07) is 16.5. The molecule has 0 saturated carbocycles. The van der Waals surface area contributed by atoms with E-state index in [9.17, 15) is 4.79 Å². The summed E-state index contributed by atoms with van der Waals surface area (Å²) in [6.45, 7) is 2.17. The molecule has 1 fully saturated rings. The van der Waals surface area contributed by atoms with Crippen molar-refractivity contribution in [2.75, 3.05) is 13.1 Å². The van der Waals surface area contributed by atoms with Crippen LogP contribution in [-0.4, -0.2) is 28.8 Å². The minimum absolute atomic E-state index is 0.0471. The first-order chi connectivity index (χ1) is 12.3. The molecule has 1 saturated heterocycles. The van der Waals surface area contributed by atoms with E-state index in [1.165, 1.54) is 10.8 Å². The van der Waals surface area contributed by atoms with Crippen molar-refractivity contribution in [3.05, 3.63) is 66.5 Å². The number of nitrogens with zero attached hydrogens (tertiary/aromatic N) is 2. The number of piperidine rings is 1. The molecule has 0 bridgehead atoms. The highest BCUT2D eigenvalue weighted by Crippen LogP contribution is 2.27. The zero-order chi connectivity index (χ0) is 17.1. The van der Waals surface area contributed by atoms with Crippen LogP contribution in [0, 0.1) is 0 Å². The van der Waals surface area contributed by atoms with Crippen LogP contribution >= 0.6 is 0 Å². The van der Waals surface area contributed by atoms with E-state index in [0.29, 0.717) is 6.54 Å². The van der Waals surface area contributed by atoms with E-state index in [-0.39, 0.29) is 5.91 Å². The second-order valence-electron chi connectivity index (χ2n) is 6.60. The Kier molecular flexibility index (Phi) is 4.24. The number of carbonyl (C=O) groups excluding carboxylic acids is 1. The minimum atomic E-state index is -0.592. The van der Waals surface area contributed by atoms with Crippen molar-refractivity contribution in [2.45, 2.75) is 24.9 Å². The van der Waals surface area contributed by atoms with Gasteiger partial charge in [0.2, 0.25) is 5.91 Å². The Labute approximate surface area is 147 Å². The Morgan fingerprint density at radius 2 is 1.92 bits per heavy atom. The molecule has 2 N–H and O–H groups in total. The molecule has 0 spiro atoms. The van der Waals surface area contributed by atoms with Gasteiger partial charge in [-0.2, -0.15) is 5.10 Å². The fraction of sp³-hybridized carbons (Fsp3) is 0.300. The van der Waals surface area contributed by atoms with E-state index >= 15 is 0 Å². The normalized spacial score (nSPS) is 16.6. The van der Waals surface area contributed by atoms with Gasteiger partial charge in [-0.15, -0.1) is 0 Å². The van der Waals surface area contributed by atoms with Crippen molar-refractivity contribution >= 4 is 16.7 Å². The van der Waals surface area contributed by atoms with E-state index in [1.54, 1.807) is 6.20 Å². The molecule has 2 aromatic carbocycles. The minimum Gasteiger partial charge on any atom is -0.350 e. The van der Waals surface area contributed by atoms with Gasteiger partial charge in [0.05, 0.1) is 0 Å². The molecule has 0 aliphatic carbocycles. The zero-order valence-electron chi connectivity index (χ0n) is 14.1. The van der Waals surface area contributed by atoms with Crippen LogP contribution in [0.25, 0.3) is 10.8 Å². The molecule has 5 heteroatoms. The molecule has 1 aromatic heterocycles. The summed E-state index contributed by atoms with van der Waals surface area (Å²) in [5, 5.41) is 13.2. The van der Waals surface area contributed by atoms with Crippen molar-refractivity contribution < 1.29 is 4.79 Å². The Bertz CT molecular complexity index is 866. The molecule has 0 atom stereocenters. The van der Waals surface area contributed by atoms with E-state index in [4.69, 9.17) is 0 Å². The van der Waals surface area contributed by atoms with E-state index in [0.717, 1.165) is 31.5 Å². The molecular weight excluding hydrogens is 312 g/mol. The van der Waals surface area contributed by atoms with Gasteiger partial charge in [0.25, 0.3) is 0 Å². The van der Waals surface area contributed by atoms with Gasteiger partial charge in [-0.25, -0.2) is 0 Å². The Hall–Kier alpha value is -2.66. The number of hydrogen-bond donors (Lipinski definition) is 2. The second kappa shape index (κ2) is 6.69. The van der Waals surface area contributed by atoms with Gasteiger partial charge < -0.3 is 10.6 Å². The fourth-order valence-corrected chi connectivity index (χ4v) is 3.62. The van der Waals surface area contributed by atoms with Crippen molar-refractivity contribution in [3.63, 3.8) is 0 Å². The van der Waals surface area contributed by atoms with Gasteiger partial charge >= 0.3 is 0 Å². The number of fused-ring (bicyclic) bond motifs is 1. The van der Waals surface area contributed by atoms with Crippen molar-refractivity contribution in [2.24, 2.45) is 0 Å². The lowest BCUT2D eigenvalue weighted by Gasteiger charge is -2.36. The molecule has 1 aliphatic heterocycles. The number of nitrogens with one attached hydrogen (secondary N) is 2. The van der Waals surface area contributed by atoms with Gasteiger partial charge in [0.1, 0.15) is 5.54 Å². The maximum atomic E-state index is 13.1. The summed E-state index contributed by atoms with van der Waals surface area (Å²) in [7, 11) is 0. The first-order valence-corrected chi connectivity index (χ1v) is 8.75. The summed E-state index contributed by atoms with van der Waals surface area (Å²) >= 11 is 0. The lowest BCUT2D eigenvalue weighted by Crippen LogP contribution is -2.54. The summed E-state index contributed by atoms with van der Waals surface area (Å²) in [5.74, 6) is 0.0471. The Morgan fingerprint density at radius 3 is 2.68 bits per heavy atom. The first kappa shape index (κ1) is 15.8. The zero-order valence-corrected chi connectivity index (χ0v) is 14.1. The van der Waals surface area contributed by atoms with E-state index in [2.05, 4.69) is 46.1 Å². The molecule has 2 heterocycles. The molecule has 128 valence electrons. The number of hydrogen-bond acceptors (Lipinski definition) is 3. The third kappa shape index (κ3) is 3.03. The molecule has 5 nitrogen and oxygen atoms in total. The van der Waals surface area contributed by atoms with Crippen LogP contribution in [0.3, 0.4) is 0 Å². The van der Waals surface area contributed by atoms with Crippen molar-refractivity contribution in [3.8, 4) is 0 Å². The third-order valence-electron chi connectivity index (χ3n) is 5.06. The predicted octanol–water partition coefficient (Wildman–Crippen LogP) is 2.43. The third-order valence-corrected chi connectivity index (χ3v) is 5.06. The van der Waals surface area contributed by atoms with Crippen LogP contribution in [0.5, 0.6) is 0 Å². The molecule has 1 amide bonds. The van der Waals surface area contributed by atoms with Gasteiger partial charge in [-0.05, 0) is 54.4 Å². The largest absolute Gasteiger partial charge is 0.350 e. The second-order valence-corrected chi connectivity index (χ2v) is 6.60. The molecule has 0 unspecified atom stereocenters. The molecular formula is C20H22N4O. The van der Waals surface area contributed by atoms with Crippen molar-refractivity contribution in [1.29, 1.82) is 0 Å². The summed E-state index contributed by atoms with van der Waals surface area (Å²) in [4.78, 5) is 13.1. The number of amides is 1. The van der Waals surface area contributed by atoms with Gasteiger partial charge in [-0.3, -0.25) is 9.48 Å². The standard InChI is InChI=1S/C20H22N4O/c25-19(20(8-11-21-12-9-20)24-13-3-10-23-24)22-15-16-6-7-17-4-1-2-5-18(17)14-16/h1-7,10,13-14,21H,8-9,11-12,15H2,(H,22,25). The van der Waals surface area contributed by atoms with Crippen LogP contribution in [0.15, 0.2) is 60.9 Å². The van der Waals surface area contributed by atoms with Crippen molar-refractivity contribution in [1.82, 2.24) is 20.4 Å². The first-order valence-electron chi connectivity index (χ1n) is 8.75. The summed E-state index contributed by atoms with van der Waals surface area (Å²) in [6.07, 6.45) is 5.12. The molecule has 0 radical (unpaired) electrons. The Balaban J connectivity index is 1.53. The fourth-order valence-electron chi connectivity index (χ4n) is 3.62. The number of benzene rings is 2. The smallest absolute Gasteiger partial charge is 0.248 e. The van der Waals surface area contributed by atoms with Gasteiger partial charge in [0.15, 0.2) is 0 Å². The van der Waals surface area contributed by atoms with E-state index < -0.39 is 5.54 Å². The average Bonchev–Trinajstić information content (AvgIpc) is 3.22. The van der Waals surface area contributed by atoms with Crippen LogP contribution in [0.2, 0.25) is 0 Å². The SMILES string of the molecule is O=C(NCc1ccc2ccccc2c1)C1(n2cccn2)CCNCC1. The van der Waals surface area contributed by atoms with Crippen LogP contribution in [0.4, 0.5) is 0 Å². The highest BCUT2D eigenvalue weighted by molar-refractivity contribution is 5.85. The topological polar surface area (TPSA) is 59.0 Å². The predicted molar refractivity (Wildman–Crippen MR) is 98.1 cm³/mol. The van der Waals surface area contributed by atoms with Crippen LogP contribution < -0.4 is 10.6 Å².